The van der Waals surface area contributed by atoms with Crippen LogP contribution in [0.1, 0.15) is 12.0 Å². The highest BCUT2D eigenvalue weighted by atomic mass is 32.2. The Bertz CT molecular complexity index is 642. The van der Waals surface area contributed by atoms with Gasteiger partial charge in [-0.25, -0.2) is 0 Å². The predicted octanol–water partition coefficient (Wildman–Crippen LogP) is 1.73. The van der Waals surface area contributed by atoms with Crippen molar-refractivity contribution in [3.63, 3.8) is 0 Å². The number of aliphatic hydroxyl groups excluding tert-OH is 1. The molecule has 0 aromatic heterocycles. The van der Waals surface area contributed by atoms with Crippen molar-refractivity contribution in [2.75, 3.05) is 19.8 Å². The van der Waals surface area contributed by atoms with Crippen molar-refractivity contribution in [3.05, 3.63) is 34.7 Å². The first-order valence-corrected chi connectivity index (χ1v) is 8.04. The number of thiocarbonyl (C=S) groups is 1. The Labute approximate surface area is 142 Å². The number of rotatable bonds is 7. The number of carbonyl (C=O) groups excluding carboxylic acids is 1. The van der Waals surface area contributed by atoms with E-state index in [0.717, 1.165) is 5.56 Å². The van der Waals surface area contributed by atoms with Crippen molar-refractivity contribution >= 4 is 46.3 Å². The molecule has 1 aromatic carbocycles. The van der Waals surface area contributed by atoms with E-state index in [2.05, 4.69) is 0 Å². The third-order valence-electron chi connectivity index (χ3n) is 2.96. The minimum Gasteiger partial charge on any atom is -0.493 e. The molecule has 1 heterocycles. The van der Waals surface area contributed by atoms with Crippen molar-refractivity contribution in [1.82, 2.24) is 4.90 Å². The van der Waals surface area contributed by atoms with Crippen LogP contribution in [-0.2, 0) is 9.59 Å². The van der Waals surface area contributed by atoms with Crippen LogP contribution in [0.4, 0.5) is 0 Å². The van der Waals surface area contributed by atoms with Gasteiger partial charge >= 0.3 is 5.97 Å². The minimum atomic E-state index is -0.911. The number of aliphatic carboxylic acids is 1. The van der Waals surface area contributed by atoms with Crippen LogP contribution in [0.15, 0.2) is 29.2 Å². The summed E-state index contributed by atoms with van der Waals surface area (Å²) in [5, 5.41) is 17.5. The molecule has 23 heavy (non-hydrogen) atoms. The lowest BCUT2D eigenvalue weighted by atomic mass is 10.2. The van der Waals surface area contributed by atoms with Crippen molar-refractivity contribution in [1.29, 1.82) is 0 Å². The van der Waals surface area contributed by atoms with Gasteiger partial charge in [0.15, 0.2) is 0 Å². The molecule has 1 amide bonds. The third-order valence-corrected chi connectivity index (χ3v) is 4.34. The van der Waals surface area contributed by atoms with Crippen molar-refractivity contribution in [2.45, 2.75) is 6.42 Å². The Hall–Kier alpha value is -1.90. The number of hydrogen-bond donors (Lipinski definition) is 2. The quantitative estimate of drug-likeness (QED) is 0.570. The number of nitrogens with zero attached hydrogens (tertiary/aromatic N) is 1. The first kappa shape index (κ1) is 17.5. The predicted molar refractivity (Wildman–Crippen MR) is 91.2 cm³/mol. The maximum atomic E-state index is 12.1. The topological polar surface area (TPSA) is 87.1 Å². The van der Waals surface area contributed by atoms with Crippen LogP contribution in [0.3, 0.4) is 0 Å². The minimum absolute atomic E-state index is 0.0604. The van der Waals surface area contributed by atoms with Crippen LogP contribution in [0.2, 0.25) is 0 Å². The van der Waals surface area contributed by atoms with Gasteiger partial charge < -0.3 is 14.9 Å². The lowest BCUT2D eigenvalue weighted by Gasteiger charge is -2.11. The van der Waals surface area contributed by atoms with E-state index in [0.29, 0.717) is 15.0 Å². The third kappa shape index (κ3) is 4.78. The van der Waals surface area contributed by atoms with Crippen LogP contribution >= 0.6 is 24.0 Å². The fourth-order valence-corrected chi connectivity index (χ4v) is 3.17. The highest BCUT2D eigenvalue weighted by Gasteiger charge is 2.31. The van der Waals surface area contributed by atoms with Gasteiger partial charge in [-0.3, -0.25) is 14.5 Å². The highest BCUT2D eigenvalue weighted by molar-refractivity contribution is 8.26. The number of benzene rings is 1. The molecule has 0 bridgehead atoms. The zero-order valence-electron chi connectivity index (χ0n) is 12.1. The zero-order chi connectivity index (χ0) is 16.8. The molecule has 1 aliphatic rings. The summed E-state index contributed by atoms with van der Waals surface area (Å²) in [6.45, 7) is 0.162. The van der Waals surface area contributed by atoms with Gasteiger partial charge in [-0.2, -0.15) is 0 Å². The van der Waals surface area contributed by atoms with E-state index in [-0.39, 0.29) is 32.1 Å². The summed E-state index contributed by atoms with van der Waals surface area (Å²) in [6.07, 6.45) is 1.66. The van der Waals surface area contributed by atoms with Crippen LogP contribution < -0.4 is 4.74 Å². The first-order valence-electron chi connectivity index (χ1n) is 6.82. The van der Waals surface area contributed by atoms with Gasteiger partial charge in [0.2, 0.25) is 0 Å². The number of carbonyl (C=O) groups is 2. The average molecular weight is 353 g/mol. The second-order valence-corrected chi connectivity index (χ2v) is 6.29. The van der Waals surface area contributed by atoms with Gasteiger partial charge in [0, 0.05) is 0 Å². The Morgan fingerprint density at radius 3 is 2.65 bits per heavy atom. The molecule has 1 aromatic rings. The molecule has 0 spiro atoms. The molecule has 122 valence electrons. The second-order valence-electron chi connectivity index (χ2n) is 4.62. The van der Waals surface area contributed by atoms with Crippen molar-refractivity contribution in [2.24, 2.45) is 0 Å². The molecule has 0 aliphatic carbocycles. The number of amides is 1. The number of aliphatic hydroxyl groups is 1. The summed E-state index contributed by atoms with van der Waals surface area (Å²) in [5.41, 5.74) is 0.806. The van der Waals surface area contributed by atoms with Crippen LogP contribution in [-0.4, -0.2) is 51.1 Å². The number of β-amino-alcohol motifs (C(OH)–C–C–N with tert-alkyl or cyclic N) is 1. The second kappa shape index (κ2) is 8.09. The van der Waals surface area contributed by atoms with Gasteiger partial charge in [-0.1, -0.05) is 36.1 Å². The molecule has 2 N–H and O–H groups in total. The summed E-state index contributed by atoms with van der Waals surface area (Å²) in [7, 11) is 0. The van der Waals surface area contributed by atoms with E-state index in [1.165, 1.54) is 16.7 Å². The van der Waals surface area contributed by atoms with E-state index in [9.17, 15) is 9.59 Å². The number of carboxylic acid groups (broad SMARTS) is 1. The number of carboxylic acids is 1. The van der Waals surface area contributed by atoms with E-state index in [1.807, 2.05) is 0 Å². The highest BCUT2D eigenvalue weighted by Crippen LogP contribution is 2.32. The molecule has 1 aliphatic heterocycles. The number of thioether (sulfide) groups is 1. The van der Waals surface area contributed by atoms with Gasteiger partial charge in [0.25, 0.3) is 5.91 Å². The van der Waals surface area contributed by atoms with Crippen molar-refractivity contribution in [3.8, 4) is 5.75 Å². The molecular weight excluding hydrogens is 338 g/mol. The molecule has 1 fully saturated rings. The van der Waals surface area contributed by atoms with E-state index in [1.54, 1.807) is 30.3 Å². The van der Waals surface area contributed by atoms with E-state index in [4.69, 9.17) is 27.2 Å². The fraction of sp³-hybridized carbons (Fsp3) is 0.267. The lowest BCUT2D eigenvalue weighted by molar-refractivity contribution is -0.137. The fourth-order valence-electron chi connectivity index (χ4n) is 1.86. The van der Waals surface area contributed by atoms with Crippen LogP contribution in [0.5, 0.6) is 5.75 Å². The summed E-state index contributed by atoms with van der Waals surface area (Å²) in [6, 6.07) is 6.97. The number of hydrogen-bond acceptors (Lipinski definition) is 6. The molecule has 8 heteroatoms. The van der Waals surface area contributed by atoms with E-state index >= 15 is 0 Å². The zero-order valence-corrected chi connectivity index (χ0v) is 13.7. The van der Waals surface area contributed by atoms with Gasteiger partial charge in [0.1, 0.15) is 10.1 Å². The summed E-state index contributed by atoms with van der Waals surface area (Å²) < 4.78 is 5.73. The standard InChI is InChI=1S/C15H15NO5S2/c17-7-6-16-14(20)12(23-15(16)22)9-10-1-3-11(4-2-10)21-8-5-13(18)19/h1-4,9,17H,5-8H2,(H,18,19)/b12-9-. The van der Waals surface area contributed by atoms with Crippen molar-refractivity contribution < 1.29 is 24.5 Å². The largest absolute Gasteiger partial charge is 0.493 e. The maximum absolute atomic E-state index is 12.1. The van der Waals surface area contributed by atoms with Gasteiger partial charge in [-0.15, -0.1) is 0 Å². The molecule has 0 saturated carbocycles. The van der Waals surface area contributed by atoms with Gasteiger partial charge in [-0.05, 0) is 23.8 Å². The van der Waals surface area contributed by atoms with E-state index < -0.39 is 5.97 Å². The first-order chi connectivity index (χ1) is 11.0. The molecule has 2 rings (SSSR count). The van der Waals surface area contributed by atoms with Crippen LogP contribution in [0.25, 0.3) is 6.08 Å². The molecule has 0 radical (unpaired) electrons. The Morgan fingerprint density at radius 1 is 1.35 bits per heavy atom. The molecule has 1 saturated heterocycles. The normalized spacial score (nSPS) is 16.2. The lowest BCUT2D eigenvalue weighted by Crippen LogP contribution is -2.30. The van der Waals surface area contributed by atoms with Crippen LogP contribution in [0, 0.1) is 0 Å². The summed E-state index contributed by atoms with van der Waals surface area (Å²) >= 11 is 6.31. The monoisotopic (exact) mass is 353 g/mol. The molecule has 0 atom stereocenters. The summed E-state index contributed by atoms with van der Waals surface area (Å²) in [4.78, 5) is 24.4. The van der Waals surface area contributed by atoms with Gasteiger partial charge in [0.05, 0.1) is 31.1 Å². The molecule has 0 unspecified atom stereocenters. The Morgan fingerprint density at radius 2 is 2.04 bits per heavy atom. The molecular formula is C15H15NO5S2. The Balaban J connectivity index is 2.01. The average Bonchev–Trinajstić information content (AvgIpc) is 2.77. The number of ether oxygens (including phenoxy) is 1. The maximum Gasteiger partial charge on any atom is 0.306 e. The molecule has 6 nitrogen and oxygen atoms in total. The summed E-state index contributed by atoms with van der Waals surface area (Å²) in [5.74, 6) is -0.557. The Kier molecular flexibility index (Phi) is 6.14. The SMILES string of the molecule is O=C(O)CCOc1ccc(/C=C2\SC(=S)N(CCO)C2=O)cc1. The smallest absolute Gasteiger partial charge is 0.306 e.